The first-order chi connectivity index (χ1) is 12.9. The fourth-order valence-corrected chi connectivity index (χ4v) is 5.60. The molecule has 1 fully saturated rings. The van der Waals surface area contributed by atoms with Crippen molar-refractivity contribution in [2.24, 2.45) is 0 Å². The van der Waals surface area contributed by atoms with Crippen molar-refractivity contribution in [2.45, 2.75) is 42.0 Å². The third-order valence-electron chi connectivity index (χ3n) is 4.80. The molecule has 1 heterocycles. The van der Waals surface area contributed by atoms with Crippen LogP contribution in [0.4, 0.5) is 5.69 Å². The van der Waals surface area contributed by atoms with Gasteiger partial charge in [-0.2, -0.15) is 4.31 Å². The highest BCUT2D eigenvalue weighted by Crippen LogP contribution is 2.27. The van der Waals surface area contributed by atoms with Crippen molar-refractivity contribution in [1.82, 2.24) is 4.31 Å². The van der Waals surface area contributed by atoms with Gasteiger partial charge in [0.25, 0.3) is 5.91 Å². The van der Waals surface area contributed by atoms with E-state index in [1.165, 1.54) is 6.07 Å². The van der Waals surface area contributed by atoms with Gasteiger partial charge in [0.1, 0.15) is 0 Å². The number of sulfonamides is 1. The minimum atomic E-state index is -3.60. The fourth-order valence-electron chi connectivity index (χ4n) is 3.30. The molecule has 1 atom stereocenters. The lowest BCUT2D eigenvalue weighted by Crippen LogP contribution is -2.41. The number of hydrogen-bond donors (Lipinski definition) is 1. The van der Waals surface area contributed by atoms with Crippen molar-refractivity contribution < 1.29 is 13.2 Å². The van der Waals surface area contributed by atoms with Gasteiger partial charge >= 0.3 is 0 Å². The maximum atomic E-state index is 13.0. The number of piperidine rings is 1. The Hall–Kier alpha value is -1.83. The largest absolute Gasteiger partial charge is 0.321 e. The molecular formula is C20H24N2O3S2. The standard InChI is InChI=1S/C20H24N2O3S2/c1-15-8-5-6-13-22(15)27(24,25)17-10-7-9-16(14-17)20(23)21-18-11-3-4-12-19(18)26-2/h3-4,7,9-12,14-15H,5-6,8,13H2,1-2H3,(H,21,23). The topological polar surface area (TPSA) is 66.5 Å². The molecule has 2 aromatic rings. The summed E-state index contributed by atoms with van der Waals surface area (Å²) in [5.74, 6) is -0.319. The van der Waals surface area contributed by atoms with Gasteiger partial charge in [-0.25, -0.2) is 8.42 Å². The summed E-state index contributed by atoms with van der Waals surface area (Å²) < 4.78 is 27.6. The predicted octanol–water partition coefficient (Wildman–Crippen LogP) is 4.22. The molecule has 5 nitrogen and oxygen atoms in total. The van der Waals surface area contributed by atoms with Crippen molar-refractivity contribution in [3.8, 4) is 0 Å². The molecule has 0 spiro atoms. The highest BCUT2D eigenvalue weighted by Gasteiger charge is 2.31. The Labute approximate surface area is 165 Å². The molecule has 1 N–H and O–H groups in total. The highest BCUT2D eigenvalue weighted by atomic mass is 32.2. The van der Waals surface area contributed by atoms with Crippen LogP contribution < -0.4 is 5.32 Å². The molecule has 7 heteroatoms. The molecule has 144 valence electrons. The zero-order valence-electron chi connectivity index (χ0n) is 15.5. The number of rotatable bonds is 5. The Bertz CT molecular complexity index is 928. The van der Waals surface area contributed by atoms with Crippen molar-refractivity contribution >= 4 is 33.4 Å². The van der Waals surface area contributed by atoms with Crippen LogP contribution in [0.25, 0.3) is 0 Å². The average Bonchev–Trinajstić information content (AvgIpc) is 2.68. The Kier molecular flexibility index (Phi) is 6.24. The highest BCUT2D eigenvalue weighted by molar-refractivity contribution is 7.98. The number of carbonyl (C=O) groups excluding carboxylic acids is 1. The van der Waals surface area contributed by atoms with Crippen LogP contribution in [0.5, 0.6) is 0 Å². The molecule has 1 aliphatic heterocycles. The molecule has 27 heavy (non-hydrogen) atoms. The number of anilines is 1. The molecular weight excluding hydrogens is 380 g/mol. The number of para-hydroxylation sites is 1. The summed E-state index contributed by atoms with van der Waals surface area (Å²) in [5.41, 5.74) is 1.05. The summed E-state index contributed by atoms with van der Waals surface area (Å²) in [6.07, 6.45) is 4.72. The second kappa shape index (κ2) is 8.46. The summed E-state index contributed by atoms with van der Waals surface area (Å²) in [6.45, 7) is 2.47. The van der Waals surface area contributed by atoms with E-state index in [0.717, 1.165) is 24.2 Å². The smallest absolute Gasteiger partial charge is 0.255 e. The zero-order chi connectivity index (χ0) is 19.4. The molecule has 1 aliphatic rings. The lowest BCUT2D eigenvalue weighted by atomic mass is 10.1. The fraction of sp³-hybridized carbons (Fsp3) is 0.350. The number of hydrogen-bond acceptors (Lipinski definition) is 4. The van der Waals surface area contributed by atoms with Crippen LogP contribution in [0.2, 0.25) is 0 Å². The van der Waals surface area contributed by atoms with E-state index in [9.17, 15) is 13.2 Å². The summed E-state index contributed by atoms with van der Waals surface area (Å²) >= 11 is 1.54. The van der Waals surface area contributed by atoms with Gasteiger partial charge in [0.15, 0.2) is 0 Å². The first kappa shape index (κ1) is 19.9. The molecule has 0 bridgehead atoms. The number of benzene rings is 2. The van der Waals surface area contributed by atoms with Gasteiger partial charge in [0.2, 0.25) is 10.0 Å². The van der Waals surface area contributed by atoms with Crippen LogP contribution in [0, 0.1) is 0 Å². The summed E-state index contributed by atoms with van der Waals surface area (Å²) in [7, 11) is -3.60. The van der Waals surface area contributed by atoms with E-state index in [2.05, 4.69) is 5.32 Å². The summed E-state index contributed by atoms with van der Waals surface area (Å²) in [5, 5.41) is 2.88. The van der Waals surface area contributed by atoms with Crippen LogP contribution >= 0.6 is 11.8 Å². The molecule has 2 aromatic carbocycles. The van der Waals surface area contributed by atoms with Gasteiger partial charge in [-0.15, -0.1) is 11.8 Å². The molecule has 3 rings (SSSR count). The van der Waals surface area contributed by atoms with Crippen LogP contribution in [0.3, 0.4) is 0 Å². The molecule has 0 aromatic heterocycles. The normalized spacial score (nSPS) is 18.2. The third-order valence-corrected chi connectivity index (χ3v) is 7.61. The minimum Gasteiger partial charge on any atom is -0.321 e. The van der Waals surface area contributed by atoms with E-state index < -0.39 is 10.0 Å². The van der Waals surface area contributed by atoms with Gasteiger partial charge in [-0.3, -0.25) is 4.79 Å². The van der Waals surface area contributed by atoms with E-state index in [-0.39, 0.29) is 16.8 Å². The monoisotopic (exact) mass is 404 g/mol. The number of nitrogens with zero attached hydrogens (tertiary/aromatic N) is 1. The van der Waals surface area contributed by atoms with E-state index >= 15 is 0 Å². The molecule has 0 radical (unpaired) electrons. The zero-order valence-corrected chi connectivity index (χ0v) is 17.1. The SMILES string of the molecule is CSc1ccccc1NC(=O)c1cccc(S(=O)(=O)N2CCCCC2C)c1. The van der Waals surface area contributed by atoms with E-state index in [4.69, 9.17) is 0 Å². The minimum absolute atomic E-state index is 0.0188. The summed E-state index contributed by atoms with van der Waals surface area (Å²) in [4.78, 5) is 13.8. The van der Waals surface area contributed by atoms with Crippen LogP contribution in [-0.4, -0.2) is 37.5 Å². The first-order valence-corrected chi connectivity index (χ1v) is 11.7. The number of nitrogens with one attached hydrogen (secondary N) is 1. The van der Waals surface area contributed by atoms with Crippen LogP contribution in [-0.2, 0) is 10.0 Å². The Balaban J connectivity index is 1.85. The first-order valence-electron chi connectivity index (χ1n) is 9.00. The van der Waals surface area contributed by atoms with Crippen LogP contribution in [0.15, 0.2) is 58.3 Å². The third kappa shape index (κ3) is 4.36. The predicted molar refractivity (Wildman–Crippen MR) is 110 cm³/mol. The number of carbonyl (C=O) groups is 1. The molecule has 1 unspecified atom stereocenters. The van der Waals surface area contributed by atoms with Crippen molar-refractivity contribution in [2.75, 3.05) is 18.1 Å². The quantitative estimate of drug-likeness (QED) is 0.758. The lowest BCUT2D eigenvalue weighted by Gasteiger charge is -2.32. The number of amides is 1. The summed E-state index contributed by atoms with van der Waals surface area (Å²) in [6, 6.07) is 13.8. The lowest BCUT2D eigenvalue weighted by molar-refractivity contribution is 0.102. The maximum Gasteiger partial charge on any atom is 0.255 e. The van der Waals surface area contributed by atoms with Crippen molar-refractivity contribution in [3.05, 3.63) is 54.1 Å². The second-order valence-electron chi connectivity index (χ2n) is 6.64. The molecule has 0 saturated carbocycles. The second-order valence-corrected chi connectivity index (χ2v) is 9.38. The van der Waals surface area contributed by atoms with E-state index in [1.54, 1.807) is 34.3 Å². The Morgan fingerprint density at radius 2 is 1.93 bits per heavy atom. The molecule has 0 aliphatic carbocycles. The van der Waals surface area contributed by atoms with Gasteiger partial charge < -0.3 is 5.32 Å². The van der Waals surface area contributed by atoms with Gasteiger partial charge in [0.05, 0.1) is 10.6 Å². The van der Waals surface area contributed by atoms with Crippen LogP contribution in [0.1, 0.15) is 36.5 Å². The van der Waals surface area contributed by atoms with E-state index in [1.807, 2.05) is 37.4 Å². The van der Waals surface area contributed by atoms with Gasteiger partial charge in [-0.05, 0) is 56.4 Å². The van der Waals surface area contributed by atoms with Gasteiger partial charge in [0, 0.05) is 23.0 Å². The Morgan fingerprint density at radius 3 is 2.67 bits per heavy atom. The molecule has 1 saturated heterocycles. The number of thioether (sulfide) groups is 1. The van der Waals surface area contributed by atoms with Crippen molar-refractivity contribution in [1.29, 1.82) is 0 Å². The van der Waals surface area contributed by atoms with Crippen molar-refractivity contribution in [3.63, 3.8) is 0 Å². The Morgan fingerprint density at radius 1 is 1.15 bits per heavy atom. The van der Waals surface area contributed by atoms with Gasteiger partial charge in [-0.1, -0.05) is 24.6 Å². The molecule has 1 amide bonds. The maximum absolute atomic E-state index is 13.0. The van der Waals surface area contributed by atoms with E-state index in [0.29, 0.717) is 17.8 Å². The average molecular weight is 405 g/mol.